The fourth-order valence-corrected chi connectivity index (χ4v) is 4.18. The fraction of sp³-hybridized carbons (Fsp3) is 0.550. The molecule has 28 heavy (non-hydrogen) atoms. The maximum atomic E-state index is 12.9. The van der Waals surface area contributed by atoms with Crippen LogP contribution in [0.3, 0.4) is 0 Å². The van der Waals surface area contributed by atoms with E-state index in [0.29, 0.717) is 31.6 Å². The maximum Gasteiger partial charge on any atom is 0.256 e. The summed E-state index contributed by atoms with van der Waals surface area (Å²) >= 11 is 0. The monoisotopic (exact) mass is 382 g/mol. The Morgan fingerprint density at radius 1 is 1.18 bits per heavy atom. The van der Waals surface area contributed by atoms with Gasteiger partial charge in [0.05, 0.1) is 18.2 Å². The van der Waals surface area contributed by atoms with E-state index in [1.807, 2.05) is 24.8 Å². The van der Waals surface area contributed by atoms with Crippen LogP contribution in [0, 0.1) is 6.92 Å². The van der Waals surface area contributed by atoms with Gasteiger partial charge >= 0.3 is 0 Å². The molecule has 4 heterocycles. The molecular formula is C20H26N6O2. The van der Waals surface area contributed by atoms with Crippen LogP contribution >= 0.6 is 0 Å². The lowest BCUT2D eigenvalue weighted by molar-refractivity contribution is -0.135. The van der Waals surface area contributed by atoms with Crippen molar-refractivity contribution in [3.63, 3.8) is 0 Å². The number of hydrogen-bond donors (Lipinski definition) is 0. The lowest BCUT2D eigenvalue weighted by Gasteiger charge is -2.36. The third-order valence-corrected chi connectivity index (χ3v) is 5.73. The van der Waals surface area contributed by atoms with Crippen molar-refractivity contribution in [2.75, 3.05) is 13.1 Å². The second-order valence-electron chi connectivity index (χ2n) is 7.44. The first-order valence-corrected chi connectivity index (χ1v) is 10.0. The molecule has 2 aliphatic heterocycles. The predicted octanol–water partition coefficient (Wildman–Crippen LogP) is 2.10. The number of pyridine rings is 1. The molecule has 0 spiro atoms. The second-order valence-corrected chi connectivity index (χ2v) is 7.44. The third-order valence-electron chi connectivity index (χ3n) is 5.73. The summed E-state index contributed by atoms with van der Waals surface area (Å²) in [5.41, 5.74) is 1.36. The molecule has 0 radical (unpaired) electrons. The van der Waals surface area contributed by atoms with Crippen LogP contribution in [0.4, 0.5) is 0 Å². The molecule has 8 nitrogen and oxygen atoms in total. The summed E-state index contributed by atoms with van der Waals surface area (Å²) in [4.78, 5) is 33.2. The van der Waals surface area contributed by atoms with Crippen LogP contribution in [0.5, 0.6) is 0 Å². The van der Waals surface area contributed by atoms with Gasteiger partial charge in [-0.1, -0.05) is 6.92 Å². The van der Waals surface area contributed by atoms with Crippen molar-refractivity contribution in [2.45, 2.75) is 58.7 Å². The van der Waals surface area contributed by atoms with Gasteiger partial charge in [-0.05, 0) is 38.3 Å². The molecule has 0 N–H and O–H groups in total. The van der Waals surface area contributed by atoms with E-state index in [1.54, 1.807) is 17.2 Å². The zero-order chi connectivity index (χ0) is 19.7. The Hall–Kier alpha value is -2.77. The number of likely N-dealkylation sites (tertiary alicyclic amines) is 1. The number of amides is 2. The van der Waals surface area contributed by atoms with Crippen LogP contribution in [-0.4, -0.2) is 54.5 Å². The SMILES string of the molecule is CCC(=O)N1CCCCC1c1nnc2n1CCN(C(=O)c1cccnc1C)C2. The minimum atomic E-state index is -0.0261. The Labute approximate surface area is 164 Å². The smallest absolute Gasteiger partial charge is 0.256 e. The summed E-state index contributed by atoms with van der Waals surface area (Å²) in [6, 6.07) is 3.59. The minimum absolute atomic E-state index is 0.00901. The summed E-state index contributed by atoms with van der Waals surface area (Å²) in [5, 5.41) is 8.81. The summed E-state index contributed by atoms with van der Waals surface area (Å²) in [5.74, 6) is 1.79. The summed E-state index contributed by atoms with van der Waals surface area (Å²) in [6.45, 7) is 6.20. The highest BCUT2D eigenvalue weighted by Crippen LogP contribution is 2.31. The van der Waals surface area contributed by atoms with Crippen molar-refractivity contribution in [1.82, 2.24) is 29.5 Å². The van der Waals surface area contributed by atoms with Crippen molar-refractivity contribution in [2.24, 2.45) is 0 Å². The van der Waals surface area contributed by atoms with Gasteiger partial charge in [0.15, 0.2) is 11.6 Å². The first kappa shape index (κ1) is 18.6. The van der Waals surface area contributed by atoms with E-state index >= 15 is 0 Å². The number of nitrogens with zero attached hydrogens (tertiary/aromatic N) is 6. The van der Waals surface area contributed by atoms with Gasteiger partial charge in [-0.15, -0.1) is 10.2 Å². The van der Waals surface area contributed by atoms with Crippen LogP contribution < -0.4 is 0 Å². The highest BCUT2D eigenvalue weighted by molar-refractivity contribution is 5.95. The van der Waals surface area contributed by atoms with E-state index in [9.17, 15) is 9.59 Å². The van der Waals surface area contributed by atoms with Crippen molar-refractivity contribution >= 4 is 11.8 Å². The Morgan fingerprint density at radius 2 is 2.04 bits per heavy atom. The highest BCUT2D eigenvalue weighted by atomic mass is 16.2. The highest BCUT2D eigenvalue weighted by Gasteiger charge is 2.34. The molecule has 1 atom stereocenters. The summed E-state index contributed by atoms with van der Waals surface area (Å²) in [6.07, 6.45) is 5.24. The Balaban J connectivity index is 1.56. The molecule has 1 saturated heterocycles. The number of fused-ring (bicyclic) bond motifs is 1. The zero-order valence-electron chi connectivity index (χ0n) is 16.5. The van der Waals surface area contributed by atoms with E-state index < -0.39 is 0 Å². The van der Waals surface area contributed by atoms with Gasteiger partial charge in [0.1, 0.15) is 0 Å². The molecule has 1 unspecified atom stereocenters. The lowest BCUT2D eigenvalue weighted by Crippen LogP contribution is -2.42. The van der Waals surface area contributed by atoms with Crippen molar-refractivity contribution in [3.8, 4) is 0 Å². The molecule has 0 saturated carbocycles. The van der Waals surface area contributed by atoms with E-state index in [-0.39, 0.29) is 17.9 Å². The quantitative estimate of drug-likeness (QED) is 0.812. The van der Waals surface area contributed by atoms with Gasteiger partial charge in [-0.3, -0.25) is 14.6 Å². The largest absolute Gasteiger partial charge is 0.332 e. The summed E-state index contributed by atoms with van der Waals surface area (Å²) in [7, 11) is 0. The lowest BCUT2D eigenvalue weighted by atomic mass is 10.0. The van der Waals surface area contributed by atoms with Gasteiger partial charge in [0, 0.05) is 37.9 Å². The van der Waals surface area contributed by atoms with Gasteiger partial charge in [-0.2, -0.15) is 0 Å². The second kappa shape index (κ2) is 7.69. The minimum Gasteiger partial charge on any atom is -0.332 e. The Bertz CT molecular complexity index is 893. The average Bonchev–Trinajstić information content (AvgIpc) is 3.16. The van der Waals surface area contributed by atoms with E-state index in [0.717, 1.165) is 43.1 Å². The molecule has 0 aliphatic carbocycles. The number of carbonyl (C=O) groups is 2. The molecule has 1 fully saturated rings. The standard InChI is InChI=1S/C20H26N6O2/c1-3-18(27)25-10-5-4-8-16(25)19-23-22-17-13-24(11-12-26(17)19)20(28)15-7-6-9-21-14(15)2/h6-7,9,16H,3-5,8,10-13H2,1-2H3. The van der Waals surface area contributed by atoms with Crippen molar-refractivity contribution in [3.05, 3.63) is 41.2 Å². The number of aryl methyl sites for hydroxylation is 1. The number of carbonyl (C=O) groups excluding carboxylic acids is 2. The topological polar surface area (TPSA) is 84.2 Å². The molecule has 4 rings (SSSR count). The number of rotatable bonds is 3. The Kier molecular flexibility index (Phi) is 5.11. The molecule has 0 bridgehead atoms. The molecular weight excluding hydrogens is 356 g/mol. The van der Waals surface area contributed by atoms with E-state index in [4.69, 9.17) is 0 Å². The van der Waals surface area contributed by atoms with Crippen LogP contribution in [0.1, 0.15) is 66.3 Å². The first-order valence-electron chi connectivity index (χ1n) is 10.0. The molecule has 2 aromatic heterocycles. The zero-order valence-corrected chi connectivity index (χ0v) is 16.5. The van der Waals surface area contributed by atoms with Crippen LogP contribution in [0.15, 0.2) is 18.3 Å². The van der Waals surface area contributed by atoms with Crippen molar-refractivity contribution < 1.29 is 9.59 Å². The van der Waals surface area contributed by atoms with Crippen LogP contribution in [0.25, 0.3) is 0 Å². The molecule has 0 aromatic carbocycles. The fourth-order valence-electron chi connectivity index (χ4n) is 4.18. The number of hydrogen-bond acceptors (Lipinski definition) is 5. The Morgan fingerprint density at radius 3 is 2.82 bits per heavy atom. The predicted molar refractivity (Wildman–Crippen MR) is 102 cm³/mol. The maximum absolute atomic E-state index is 12.9. The molecule has 148 valence electrons. The van der Waals surface area contributed by atoms with E-state index in [2.05, 4.69) is 19.7 Å². The van der Waals surface area contributed by atoms with E-state index in [1.165, 1.54) is 0 Å². The normalized spacial score (nSPS) is 19.4. The third kappa shape index (κ3) is 3.27. The van der Waals surface area contributed by atoms with Crippen LogP contribution in [-0.2, 0) is 17.9 Å². The van der Waals surface area contributed by atoms with Gasteiger partial charge in [0.25, 0.3) is 5.91 Å². The van der Waals surface area contributed by atoms with Crippen molar-refractivity contribution in [1.29, 1.82) is 0 Å². The van der Waals surface area contributed by atoms with Gasteiger partial charge in [0.2, 0.25) is 5.91 Å². The van der Waals surface area contributed by atoms with Gasteiger partial charge < -0.3 is 14.4 Å². The molecule has 2 aromatic rings. The van der Waals surface area contributed by atoms with Crippen LogP contribution in [0.2, 0.25) is 0 Å². The molecule has 8 heteroatoms. The number of piperidine rings is 1. The summed E-state index contributed by atoms with van der Waals surface area (Å²) < 4.78 is 2.10. The molecule has 2 amide bonds. The average molecular weight is 382 g/mol. The van der Waals surface area contributed by atoms with Gasteiger partial charge in [-0.25, -0.2) is 0 Å². The number of aromatic nitrogens is 4. The molecule has 2 aliphatic rings. The first-order chi connectivity index (χ1) is 13.6.